The number of amides is 3. The van der Waals surface area contributed by atoms with Crippen LogP contribution in [0.2, 0.25) is 0 Å². The number of nitrogens with zero attached hydrogens (tertiary/aromatic N) is 4. The number of hydrogen-bond acceptors (Lipinski definition) is 8. The Bertz CT molecular complexity index is 1200. The molecule has 2 aromatic rings. The van der Waals surface area contributed by atoms with Gasteiger partial charge in [-0.3, -0.25) is 4.79 Å². The normalized spacial score (nSPS) is 15.8. The van der Waals surface area contributed by atoms with Crippen LogP contribution >= 0.6 is 0 Å². The predicted molar refractivity (Wildman–Crippen MR) is 147 cm³/mol. The molecule has 1 atom stereocenters. The summed E-state index contributed by atoms with van der Waals surface area (Å²) < 4.78 is 12.3. The van der Waals surface area contributed by atoms with E-state index in [1.54, 1.807) is 32.8 Å². The molecule has 1 unspecified atom stereocenters. The zero-order chi connectivity index (χ0) is 29.0. The summed E-state index contributed by atoms with van der Waals surface area (Å²) >= 11 is 0. The lowest BCUT2D eigenvalue weighted by atomic mass is 10.0. The lowest BCUT2D eigenvalue weighted by molar-refractivity contribution is -0.126. The monoisotopic (exact) mass is 556 g/mol. The minimum Gasteiger partial charge on any atom is -0.493 e. The Kier molecular flexibility index (Phi) is 8.99. The Balaban J connectivity index is 1.59. The fourth-order valence-corrected chi connectivity index (χ4v) is 4.23. The van der Waals surface area contributed by atoms with Crippen LogP contribution in [0.3, 0.4) is 0 Å². The second-order valence-electron chi connectivity index (χ2n) is 11.2. The molecule has 12 nitrogen and oxygen atoms in total. The summed E-state index contributed by atoms with van der Waals surface area (Å²) in [5.41, 5.74) is 6.31. The smallest absolute Gasteiger partial charge is 0.409 e. The number of benzene rings is 1. The van der Waals surface area contributed by atoms with Crippen molar-refractivity contribution in [2.75, 3.05) is 27.3 Å². The number of nitrogens with one attached hydrogen (secondary N) is 1. The highest BCUT2D eigenvalue weighted by molar-refractivity contribution is 5.85. The summed E-state index contributed by atoms with van der Waals surface area (Å²) in [4.78, 5) is 41.6. The number of aromatic hydroxyl groups is 1. The van der Waals surface area contributed by atoms with E-state index >= 15 is 0 Å². The van der Waals surface area contributed by atoms with Gasteiger partial charge in [-0.2, -0.15) is 5.10 Å². The predicted octanol–water partition coefficient (Wildman–Crippen LogP) is 2.54. The maximum atomic E-state index is 13.2. The molecule has 0 radical (unpaired) electrons. The number of hydrogen-bond donors (Lipinski definition) is 3. The Morgan fingerprint density at radius 1 is 1.12 bits per heavy atom. The lowest BCUT2D eigenvalue weighted by Crippen LogP contribution is -2.50. The zero-order valence-corrected chi connectivity index (χ0v) is 23.6. The second-order valence-corrected chi connectivity index (χ2v) is 11.2. The van der Waals surface area contributed by atoms with Gasteiger partial charge in [-0.25, -0.2) is 9.59 Å². The molecule has 1 heterocycles. The average Bonchev–Trinajstić information content (AvgIpc) is 3.85. The molecule has 2 saturated carbocycles. The zero-order valence-electron chi connectivity index (χ0n) is 23.6. The summed E-state index contributed by atoms with van der Waals surface area (Å²) in [6.45, 7) is 3.37. The first-order chi connectivity index (χ1) is 19.0. The number of carbonyl (C=O) groups excluding carboxylic acids is 3. The number of aromatic nitrogens is 2. The van der Waals surface area contributed by atoms with Crippen molar-refractivity contribution in [3.8, 4) is 5.88 Å². The first-order valence-electron chi connectivity index (χ1n) is 13.7. The van der Waals surface area contributed by atoms with Gasteiger partial charge in [0.15, 0.2) is 0 Å². The maximum absolute atomic E-state index is 13.2. The maximum Gasteiger partial charge on any atom is 0.409 e. The van der Waals surface area contributed by atoms with Crippen molar-refractivity contribution in [2.45, 2.75) is 76.2 Å². The van der Waals surface area contributed by atoms with Crippen molar-refractivity contribution in [3.63, 3.8) is 0 Å². The van der Waals surface area contributed by atoms with E-state index in [0.717, 1.165) is 35.9 Å². The summed E-state index contributed by atoms with van der Waals surface area (Å²) in [5, 5.41) is 18.5. The summed E-state index contributed by atoms with van der Waals surface area (Å²) in [6.07, 6.45) is 3.27. The van der Waals surface area contributed by atoms with Crippen molar-refractivity contribution >= 4 is 18.0 Å². The van der Waals surface area contributed by atoms with Crippen LogP contribution in [-0.4, -0.2) is 87.7 Å². The highest BCUT2D eigenvalue weighted by Crippen LogP contribution is 2.31. The van der Waals surface area contributed by atoms with Crippen molar-refractivity contribution in [3.05, 3.63) is 47.2 Å². The molecule has 0 saturated heterocycles. The van der Waals surface area contributed by atoms with Crippen LogP contribution in [-0.2, 0) is 27.3 Å². The molecule has 0 aliphatic heterocycles. The average molecular weight is 557 g/mol. The number of rotatable bonds is 12. The molecule has 218 valence electrons. The number of carbonyl (C=O) groups is 3. The third kappa shape index (κ3) is 7.30. The van der Waals surface area contributed by atoms with Gasteiger partial charge in [0.1, 0.15) is 0 Å². The largest absolute Gasteiger partial charge is 0.493 e. The molecule has 2 aliphatic carbocycles. The van der Waals surface area contributed by atoms with Crippen LogP contribution in [0, 0.1) is 0 Å². The van der Waals surface area contributed by atoms with Gasteiger partial charge < -0.3 is 35.4 Å². The minimum atomic E-state index is -1.20. The number of ether oxygens (including phenoxy) is 2. The van der Waals surface area contributed by atoms with Crippen molar-refractivity contribution in [1.82, 2.24) is 24.9 Å². The van der Waals surface area contributed by atoms with Crippen molar-refractivity contribution < 1.29 is 29.0 Å². The van der Waals surface area contributed by atoms with Crippen LogP contribution in [0.4, 0.5) is 9.59 Å². The van der Waals surface area contributed by atoms with Gasteiger partial charge in [0.25, 0.3) is 0 Å². The summed E-state index contributed by atoms with van der Waals surface area (Å²) in [6, 6.07) is 8.48. The fourth-order valence-electron chi connectivity index (χ4n) is 4.23. The summed E-state index contributed by atoms with van der Waals surface area (Å²) in [5.74, 6) is -0.826. The van der Waals surface area contributed by atoms with Gasteiger partial charge in [-0.05, 0) is 45.1 Å². The van der Waals surface area contributed by atoms with E-state index < -0.39 is 29.6 Å². The van der Waals surface area contributed by atoms with E-state index in [1.807, 2.05) is 30.3 Å². The third-order valence-electron chi connectivity index (χ3n) is 7.14. The van der Waals surface area contributed by atoms with Crippen molar-refractivity contribution in [2.24, 2.45) is 5.73 Å². The fraction of sp³-hybridized carbons (Fsp3) is 0.571. The molecule has 40 heavy (non-hydrogen) atoms. The summed E-state index contributed by atoms with van der Waals surface area (Å²) in [7, 11) is 3.35. The van der Waals surface area contributed by atoms with Gasteiger partial charge in [0.05, 0.1) is 37.1 Å². The quantitative estimate of drug-likeness (QED) is 0.361. The van der Waals surface area contributed by atoms with E-state index in [2.05, 4.69) is 10.4 Å². The Hall–Kier alpha value is -3.64. The Morgan fingerprint density at radius 2 is 1.75 bits per heavy atom. The molecule has 3 amide bonds. The van der Waals surface area contributed by atoms with E-state index in [-0.39, 0.29) is 55.5 Å². The van der Waals surface area contributed by atoms with Gasteiger partial charge >= 0.3 is 12.1 Å². The van der Waals surface area contributed by atoms with Crippen LogP contribution < -0.4 is 11.1 Å². The molecule has 1 aromatic carbocycles. The molecule has 4 N–H and O–H groups in total. The van der Waals surface area contributed by atoms with Gasteiger partial charge in [0.2, 0.25) is 11.8 Å². The van der Waals surface area contributed by atoms with Gasteiger partial charge in [-0.1, -0.05) is 30.3 Å². The van der Waals surface area contributed by atoms with Crippen molar-refractivity contribution in [1.29, 1.82) is 0 Å². The van der Waals surface area contributed by atoms with Crippen LogP contribution in [0.5, 0.6) is 5.88 Å². The molecule has 2 fully saturated rings. The van der Waals surface area contributed by atoms with Gasteiger partial charge in [0, 0.05) is 38.2 Å². The SMILES string of the molecule is CN(C(=O)OCCc1c(C(COCc2ccccc2)NC(=O)C(C)(C)N)nn(C(=O)N(C)C2CC2)c1O)C1CC1. The third-order valence-corrected chi connectivity index (χ3v) is 7.14. The lowest BCUT2D eigenvalue weighted by Gasteiger charge is -2.24. The van der Waals surface area contributed by atoms with E-state index in [9.17, 15) is 19.5 Å². The topological polar surface area (TPSA) is 152 Å². The standard InChI is InChI=1S/C28H40N6O6/c1-28(2,29)25(36)30-22(17-39-16-18-8-6-5-7-9-18)23-21(14-15-40-27(38)33(4)20-12-13-20)24(35)34(31-23)26(37)32(3)19-10-11-19/h5-9,19-20,22,35H,10-17,29H2,1-4H3,(H,30,36). The second kappa shape index (κ2) is 12.3. The molecule has 12 heteroatoms. The van der Waals surface area contributed by atoms with Crippen LogP contribution in [0.1, 0.15) is 62.4 Å². The van der Waals surface area contributed by atoms with E-state index in [4.69, 9.17) is 15.2 Å². The molecular weight excluding hydrogens is 516 g/mol. The van der Waals surface area contributed by atoms with Gasteiger partial charge in [-0.15, -0.1) is 4.68 Å². The first-order valence-corrected chi connectivity index (χ1v) is 13.7. The van der Waals surface area contributed by atoms with E-state index in [0.29, 0.717) is 0 Å². The van der Waals surface area contributed by atoms with E-state index in [1.165, 1.54) is 4.90 Å². The Labute approximate surface area is 234 Å². The first kappa shape index (κ1) is 29.3. The highest BCUT2D eigenvalue weighted by atomic mass is 16.6. The minimum absolute atomic E-state index is 0.00295. The van der Waals surface area contributed by atoms with Crippen LogP contribution in [0.15, 0.2) is 30.3 Å². The molecular formula is C28H40N6O6. The molecule has 2 aliphatic rings. The number of nitrogens with two attached hydrogens (primary N) is 1. The Morgan fingerprint density at radius 3 is 2.35 bits per heavy atom. The molecule has 0 bridgehead atoms. The highest BCUT2D eigenvalue weighted by Gasteiger charge is 2.36. The van der Waals surface area contributed by atoms with Crippen LogP contribution in [0.25, 0.3) is 0 Å². The molecule has 4 rings (SSSR count). The molecule has 0 spiro atoms. The molecule has 1 aromatic heterocycles.